The molecule has 2 aliphatic carbocycles. The summed E-state index contributed by atoms with van der Waals surface area (Å²) in [6.45, 7) is 2.85. The Hall–Kier alpha value is -0.170. The Balaban J connectivity index is 1.71. The second-order valence-electron chi connectivity index (χ2n) is 7.21. The Kier molecular flexibility index (Phi) is 4.00. The van der Waals surface area contributed by atoms with Gasteiger partial charge < -0.3 is 4.74 Å². The van der Waals surface area contributed by atoms with Gasteiger partial charge in [-0.15, -0.1) is 0 Å². The quantitative estimate of drug-likeness (QED) is 0.412. The van der Waals surface area contributed by atoms with E-state index in [4.69, 9.17) is 14.5 Å². The van der Waals surface area contributed by atoms with Gasteiger partial charge in [0.15, 0.2) is 0 Å². The summed E-state index contributed by atoms with van der Waals surface area (Å²) in [4.78, 5) is 12.0. The maximum atomic E-state index is 6.60. The van der Waals surface area contributed by atoms with Crippen LogP contribution in [0.2, 0.25) is 0 Å². The van der Waals surface area contributed by atoms with Gasteiger partial charge in [0.1, 0.15) is 17.3 Å². The molecule has 4 rings (SSSR count). The Bertz CT molecular complexity index is 536. The molecule has 0 radical (unpaired) electrons. The smallest absolute Gasteiger partial charge is 0.129 e. The summed E-state index contributed by atoms with van der Waals surface area (Å²) in [5.41, 5.74) is 0.705. The Morgan fingerprint density at radius 2 is 2.05 bits per heavy atom. The molecule has 0 spiro atoms. The number of hydrogen-bond acceptors (Lipinski definition) is 3. The van der Waals surface area contributed by atoms with Crippen molar-refractivity contribution < 1.29 is 14.5 Å². The maximum Gasteiger partial charge on any atom is 0.129 e. The minimum Gasteiger partial charge on any atom is -0.367 e. The second kappa shape index (κ2) is 5.72. The van der Waals surface area contributed by atoms with Gasteiger partial charge in [0, 0.05) is 10.8 Å². The molecule has 2 bridgehead atoms. The van der Waals surface area contributed by atoms with E-state index in [9.17, 15) is 0 Å². The van der Waals surface area contributed by atoms with Crippen molar-refractivity contribution in [3.05, 3.63) is 35.9 Å². The van der Waals surface area contributed by atoms with Gasteiger partial charge in [-0.3, -0.25) is 0 Å². The lowest BCUT2D eigenvalue weighted by Crippen LogP contribution is -2.52. The van der Waals surface area contributed by atoms with Crippen LogP contribution in [-0.2, 0) is 20.1 Å². The minimum absolute atomic E-state index is 0.0243. The van der Waals surface area contributed by atoms with E-state index in [1.807, 2.05) is 0 Å². The highest BCUT2D eigenvalue weighted by Crippen LogP contribution is 2.59. The van der Waals surface area contributed by atoms with Crippen molar-refractivity contribution in [2.45, 2.75) is 49.9 Å². The molecule has 3 fully saturated rings. The normalized spacial score (nSPS) is 44.4. The van der Waals surface area contributed by atoms with Gasteiger partial charge >= 0.3 is 0 Å². The summed E-state index contributed by atoms with van der Waals surface area (Å²) in [6, 6.07) is 10.7. The molecule has 120 valence electrons. The van der Waals surface area contributed by atoms with Crippen LogP contribution in [0.3, 0.4) is 0 Å². The van der Waals surface area contributed by atoms with Crippen molar-refractivity contribution in [2.24, 2.45) is 11.8 Å². The molecule has 3 nitrogen and oxygen atoms in total. The van der Waals surface area contributed by atoms with Crippen LogP contribution in [0.15, 0.2) is 30.3 Å². The van der Waals surface area contributed by atoms with Gasteiger partial charge in [0.05, 0.1) is 6.61 Å². The van der Waals surface area contributed by atoms with Gasteiger partial charge in [0.25, 0.3) is 0 Å². The lowest BCUT2D eigenvalue weighted by Gasteiger charge is -2.46. The summed E-state index contributed by atoms with van der Waals surface area (Å²) < 4.78 is 7.51. The van der Waals surface area contributed by atoms with E-state index in [1.54, 1.807) is 0 Å². The topological polar surface area (TPSA) is 27.7 Å². The zero-order valence-corrected chi connectivity index (χ0v) is 15.1. The summed E-state index contributed by atoms with van der Waals surface area (Å²) in [5, 5.41) is 0. The van der Waals surface area contributed by atoms with E-state index in [-0.39, 0.29) is 17.3 Å². The van der Waals surface area contributed by atoms with Gasteiger partial charge in [0.2, 0.25) is 0 Å². The molecule has 1 heterocycles. The highest BCUT2D eigenvalue weighted by molar-refractivity contribution is 14.1. The lowest BCUT2D eigenvalue weighted by atomic mass is 9.76. The third-order valence-corrected chi connectivity index (χ3v) is 7.38. The van der Waals surface area contributed by atoms with E-state index in [0.29, 0.717) is 11.8 Å². The number of rotatable bonds is 2. The number of halogens is 1. The number of ether oxygens (including phenoxy) is 1. The second-order valence-corrected chi connectivity index (χ2v) is 7.97. The first kappa shape index (κ1) is 15.4. The molecule has 22 heavy (non-hydrogen) atoms. The largest absolute Gasteiger partial charge is 0.367 e. The van der Waals surface area contributed by atoms with Crippen LogP contribution in [0.4, 0.5) is 0 Å². The summed E-state index contributed by atoms with van der Waals surface area (Å²) in [5.74, 6) is 1.11. The van der Waals surface area contributed by atoms with Crippen LogP contribution in [0.25, 0.3) is 0 Å². The van der Waals surface area contributed by atoms with Crippen molar-refractivity contribution in [1.82, 2.24) is 0 Å². The molecule has 1 aromatic carbocycles. The molecule has 0 aromatic heterocycles. The van der Waals surface area contributed by atoms with Crippen molar-refractivity contribution in [1.29, 1.82) is 0 Å². The molecular formula is C18H23IO3. The van der Waals surface area contributed by atoms with Crippen molar-refractivity contribution >= 4 is 22.6 Å². The summed E-state index contributed by atoms with van der Waals surface area (Å²) in [6.07, 6.45) is 4.57. The Morgan fingerprint density at radius 3 is 2.82 bits per heavy atom. The van der Waals surface area contributed by atoms with E-state index in [1.165, 1.54) is 24.8 Å². The van der Waals surface area contributed by atoms with Gasteiger partial charge in [-0.05, 0) is 43.6 Å². The predicted molar refractivity (Wildman–Crippen MR) is 92.8 cm³/mol. The van der Waals surface area contributed by atoms with E-state index in [2.05, 4.69) is 59.8 Å². The van der Waals surface area contributed by atoms with E-state index < -0.39 is 0 Å². The summed E-state index contributed by atoms with van der Waals surface area (Å²) >= 11 is 2.37. The van der Waals surface area contributed by atoms with Gasteiger partial charge in [-0.25, -0.2) is 9.78 Å². The number of benzene rings is 1. The monoisotopic (exact) mass is 414 g/mol. The molecule has 1 aromatic rings. The molecule has 2 saturated carbocycles. The van der Waals surface area contributed by atoms with Gasteiger partial charge in [-0.1, -0.05) is 52.9 Å². The van der Waals surface area contributed by atoms with E-state index in [0.717, 1.165) is 17.5 Å². The maximum absolute atomic E-state index is 6.60. The van der Waals surface area contributed by atoms with Gasteiger partial charge in [-0.2, -0.15) is 0 Å². The predicted octanol–water partition coefficient (Wildman–Crippen LogP) is 4.24. The fourth-order valence-electron chi connectivity index (χ4n) is 4.53. The average Bonchev–Trinajstić information content (AvgIpc) is 3.12. The third kappa shape index (κ3) is 2.26. The first-order chi connectivity index (χ1) is 10.7. The minimum atomic E-state index is -0.309. The molecule has 3 aliphatic rings. The Labute approximate surface area is 145 Å². The number of hydrogen-bond donors (Lipinski definition) is 0. The van der Waals surface area contributed by atoms with E-state index >= 15 is 0 Å². The zero-order chi connectivity index (χ0) is 15.2. The standard InChI is InChI=1S/C18H23IO3/c1-17(12-19)9-10-20-18(14-5-3-2-4-6-14)15-8-7-13(11-15)16(18)21-22-17/h2-6,13,15-16H,7-12H2,1H3/t13-,15+,16+,17+,18-/m0/s1. The van der Waals surface area contributed by atoms with Crippen LogP contribution in [0, 0.1) is 11.8 Å². The molecule has 0 amide bonds. The van der Waals surface area contributed by atoms with Crippen molar-refractivity contribution in [3.8, 4) is 0 Å². The highest BCUT2D eigenvalue weighted by Gasteiger charge is 2.62. The fourth-order valence-corrected chi connectivity index (χ4v) is 5.04. The molecule has 1 saturated heterocycles. The molecular weight excluding hydrogens is 391 g/mol. The lowest BCUT2D eigenvalue weighted by molar-refractivity contribution is -0.420. The first-order valence-corrected chi connectivity index (χ1v) is 9.80. The first-order valence-electron chi connectivity index (χ1n) is 8.28. The van der Waals surface area contributed by atoms with Crippen LogP contribution < -0.4 is 0 Å². The van der Waals surface area contributed by atoms with Crippen molar-refractivity contribution in [3.63, 3.8) is 0 Å². The molecule has 1 aliphatic heterocycles. The molecule has 0 N–H and O–H groups in total. The average molecular weight is 414 g/mol. The Morgan fingerprint density at radius 1 is 1.23 bits per heavy atom. The van der Waals surface area contributed by atoms with Crippen LogP contribution in [0.1, 0.15) is 38.2 Å². The van der Waals surface area contributed by atoms with Crippen molar-refractivity contribution in [2.75, 3.05) is 11.0 Å². The number of alkyl halides is 1. The highest BCUT2D eigenvalue weighted by atomic mass is 127. The zero-order valence-electron chi connectivity index (χ0n) is 13.0. The fraction of sp³-hybridized carbons (Fsp3) is 0.667. The van der Waals surface area contributed by atoms with Crippen LogP contribution in [-0.4, -0.2) is 22.7 Å². The van der Waals surface area contributed by atoms with Crippen LogP contribution in [0.5, 0.6) is 0 Å². The SMILES string of the molecule is C[C@]1(CI)CCO[C@@]2(c3ccccc3)[C@@H]3CC[C@@H](C3)[C@H]2OO1. The molecule has 0 unspecified atom stereocenters. The molecule has 5 atom stereocenters. The summed E-state index contributed by atoms with van der Waals surface area (Å²) in [7, 11) is 0. The van der Waals surface area contributed by atoms with Crippen LogP contribution >= 0.6 is 22.6 Å². The molecule has 4 heteroatoms. The number of fused-ring (bicyclic) bond motifs is 5. The third-order valence-electron chi connectivity index (χ3n) is 5.76.